The van der Waals surface area contributed by atoms with Gasteiger partial charge in [-0.25, -0.2) is 0 Å². The minimum Gasteiger partial charge on any atom is -0.378 e. The van der Waals surface area contributed by atoms with Gasteiger partial charge in [0.1, 0.15) is 0 Å². The Kier molecular flexibility index (Phi) is 3.29. The molecule has 0 heterocycles. The molecule has 0 radical (unpaired) electrons. The van der Waals surface area contributed by atoms with E-state index in [9.17, 15) is 0 Å². The van der Waals surface area contributed by atoms with Crippen LogP contribution in [0.3, 0.4) is 0 Å². The van der Waals surface area contributed by atoms with E-state index < -0.39 is 0 Å². The Labute approximate surface area is 115 Å². The highest BCUT2D eigenvalue weighted by molar-refractivity contribution is 5.50. The van der Waals surface area contributed by atoms with Gasteiger partial charge < -0.3 is 5.32 Å². The quantitative estimate of drug-likeness (QED) is 0.836. The molecule has 0 bridgehead atoms. The maximum absolute atomic E-state index is 3.70. The molecule has 19 heavy (non-hydrogen) atoms. The second kappa shape index (κ2) is 5.08. The van der Waals surface area contributed by atoms with Gasteiger partial charge in [-0.3, -0.25) is 0 Å². The van der Waals surface area contributed by atoms with Crippen molar-refractivity contribution in [1.82, 2.24) is 0 Å². The van der Waals surface area contributed by atoms with Crippen molar-refractivity contribution in [2.45, 2.75) is 39.2 Å². The van der Waals surface area contributed by atoms with E-state index in [1.54, 1.807) is 0 Å². The molecule has 1 N–H and O–H groups in total. The lowest BCUT2D eigenvalue weighted by molar-refractivity contribution is 0.761. The molecule has 0 aliphatic heterocycles. The third kappa shape index (κ3) is 2.51. The van der Waals surface area contributed by atoms with Crippen LogP contribution in [-0.4, -0.2) is 0 Å². The fraction of sp³-hybridized carbons (Fsp3) is 0.333. The third-order valence-electron chi connectivity index (χ3n) is 4.06. The molecule has 0 fully saturated rings. The van der Waals surface area contributed by atoms with E-state index in [0.29, 0.717) is 6.04 Å². The summed E-state index contributed by atoms with van der Waals surface area (Å²) in [5, 5.41) is 3.70. The first-order valence-corrected chi connectivity index (χ1v) is 7.21. The number of nitrogens with one attached hydrogen (secondary N) is 1. The van der Waals surface area contributed by atoms with Crippen LogP contribution in [-0.2, 0) is 12.8 Å². The van der Waals surface area contributed by atoms with Crippen molar-refractivity contribution in [2.75, 3.05) is 5.32 Å². The Hall–Kier alpha value is -1.76. The maximum atomic E-state index is 3.70. The molecule has 1 nitrogen and oxygen atoms in total. The fourth-order valence-corrected chi connectivity index (χ4v) is 2.95. The van der Waals surface area contributed by atoms with Crippen molar-refractivity contribution >= 4 is 5.69 Å². The van der Waals surface area contributed by atoms with Gasteiger partial charge in [-0.15, -0.1) is 0 Å². The van der Waals surface area contributed by atoms with Gasteiger partial charge in [-0.05, 0) is 55.0 Å². The van der Waals surface area contributed by atoms with E-state index in [0.717, 1.165) is 6.42 Å². The summed E-state index contributed by atoms with van der Waals surface area (Å²) in [5.41, 5.74) is 7.00. The molecule has 1 aliphatic carbocycles. The van der Waals surface area contributed by atoms with Crippen molar-refractivity contribution in [3.8, 4) is 0 Å². The largest absolute Gasteiger partial charge is 0.378 e. The molecule has 1 unspecified atom stereocenters. The number of hydrogen-bond donors (Lipinski definition) is 1. The summed E-state index contributed by atoms with van der Waals surface area (Å²) in [5.74, 6) is 0. The summed E-state index contributed by atoms with van der Waals surface area (Å²) >= 11 is 0. The summed E-state index contributed by atoms with van der Waals surface area (Å²) in [4.78, 5) is 0. The summed E-state index contributed by atoms with van der Waals surface area (Å²) in [6, 6.07) is 16.1. The predicted octanol–water partition coefficient (Wildman–Crippen LogP) is 4.66. The van der Waals surface area contributed by atoms with Gasteiger partial charge in [-0.1, -0.05) is 42.8 Å². The molecule has 0 amide bonds. The van der Waals surface area contributed by atoms with Crippen LogP contribution < -0.4 is 5.32 Å². The molecule has 0 spiro atoms. The van der Waals surface area contributed by atoms with Crippen LogP contribution in [0.15, 0.2) is 42.5 Å². The standard InChI is InChI=1S/C18H21N/c1-3-14-5-4-6-16(12-14)19-18-10-9-15-8-7-13(2)11-17(15)18/h4-8,11-12,18-19H,3,9-10H2,1-2H3. The molecular formula is C18H21N. The number of aryl methyl sites for hydroxylation is 3. The van der Waals surface area contributed by atoms with Crippen LogP contribution in [0.2, 0.25) is 0 Å². The summed E-state index contributed by atoms with van der Waals surface area (Å²) < 4.78 is 0. The third-order valence-corrected chi connectivity index (χ3v) is 4.06. The monoisotopic (exact) mass is 251 g/mol. The highest BCUT2D eigenvalue weighted by Crippen LogP contribution is 2.34. The molecular weight excluding hydrogens is 230 g/mol. The van der Waals surface area contributed by atoms with E-state index in [-0.39, 0.29) is 0 Å². The van der Waals surface area contributed by atoms with Gasteiger partial charge in [0, 0.05) is 5.69 Å². The average molecular weight is 251 g/mol. The molecule has 1 atom stereocenters. The summed E-state index contributed by atoms with van der Waals surface area (Å²) in [6.45, 7) is 4.38. The smallest absolute Gasteiger partial charge is 0.0519 e. The normalized spacial score (nSPS) is 17.3. The van der Waals surface area contributed by atoms with Gasteiger partial charge in [0.25, 0.3) is 0 Å². The zero-order chi connectivity index (χ0) is 13.2. The van der Waals surface area contributed by atoms with Crippen molar-refractivity contribution in [2.24, 2.45) is 0 Å². The van der Waals surface area contributed by atoms with Gasteiger partial charge >= 0.3 is 0 Å². The Morgan fingerprint density at radius 1 is 1.16 bits per heavy atom. The molecule has 0 saturated carbocycles. The molecule has 0 aromatic heterocycles. The lowest BCUT2D eigenvalue weighted by Gasteiger charge is -2.16. The van der Waals surface area contributed by atoms with Crippen LogP contribution in [0.4, 0.5) is 5.69 Å². The molecule has 2 aromatic carbocycles. The topological polar surface area (TPSA) is 12.0 Å². The lowest BCUT2D eigenvalue weighted by Crippen LogP contribution is -2.07. The highest BCUT2D eigenvalue weighted by atomic mass is 14.9. The zero-order valence-corrected chi connectivity index (χ0v) is 11.7. The van der Waals surface area contributed by atoms with Gasteiger partial charge in [0.15, 0.2) is 0 Å². The summed E-state index contributed by atoms with van der Waals surface area (Å²) in [7, 11) is 0. The molecule has 1 aliphatic rings. The van der Waals surface area contributed by atoms with Crippen molar-refractivity contribution < 1.29 is 0 Å². The van der Waals surface area contributed by atoms with Crippen LogP contribution in [0, 0.1) is 6.92 Å². The molecule has 3 rings (SSSR count). The average Bonchev–Trinajstić information content (AvgIpc) is 2.81. The Morgan fingerprint density at radius 3 is 2.89 bits per heavy atom. The minimum absolute atomic E-state index is 0.474. The molecule has 2 aromatic rings. The first-order chi connectivity index (χ1) is 9.26. The van der Waals surface area contributed by atoms with Crippen molar-refractivity contribution in [3.63, 3.8) is 0 Å². The summed E-state index contributed by atoms with van der Waals surface area (Å²) in [6.07, 6.45) is 3.49. The predicted molar refractivity (Wildman–Crippen MR) is 81.7 cm³/mol. The fourth-order valence-electron chi connectivity index (χ4n) is 2.95. The first kappa shape index (κ1) is 12.3. The van der Waals surface area contributed by atoms with E-state index >= 15 is 0 Å². The Balaban J connectivity index is 1.84. The Bertz CT molecular complexity index is 586. The van der Waals surface area contributed by atoms with Crippen molar-refractivity contribution in [3.05, 3.63) is 64.7 Å². The molecule has 1 heteroatoms. The second-order valence-electron chi connectivity index (χ2n) is 5.49. The van der Waals surface area contributed by atoms with Gasteiger partial charge in [0.2, 0.25) is 0 Å². The van der Waals surface area contributed by atoms with E-state index in [4.69, 9.17) is 0 Å². The zero-order valence-electron chi connectivity index (χ0n) is 11.7. The SMILES string of the molecule is CCc1cccc(NC2CCc3ccc(C)cc32)c1. The minimum atomic E-state index is 0.474. The van der Waals surface area contributed by atoms with Gasteiger partial charge in [-0.2, -0.15) is 0 Å². The van der Waals surface area contributed by atoms with Crippen LogP contribution in [0.25, 0.3) is 0 Å². The van der Waals surface area contributed by atoms with E-state index in [2.05, 4.69) is 61.6 Å². The van der Waals surface area contributed by atoms with E-state index in [1.807, 2.05) is 0 Å². The number of fused-ring (bicyclic) bond motifs is 1. The van der Waals surface area contributed by atoms with Gasteiger partial charge in [0.05, 0.1) is 6.04 Å². The highest BCUT2D eigenvalue weighted by Gasteiger charge is 2.22. The van der Waals surface area contributed by atoms with Crippen LogP contribution >= 0.6 is 0 Å². The van der Waals surface area contributed by atoms with E-state index in [1.165, 1.54) is 40.8 Å². The second-order valence-corrected chi connectivity index (χ2v) is 5.49. The maximum Gasteiger partial charge on any atom is 0.0519 e. The first-order valence-electron chi connectivity index (χ1n) is 7.21. The number of benzene rings is 2. The van der Waals surface area contributed by atoms with Crippen LogP contribution in [0.5, 0.6) is 0 Å². The Morgan fingerprint density at radius 2 is 2.05 bits per heavy atom. The van der Waals surface area contributed by atoms with Crippen LogP contribution in [0.1, 0.15) is 41.6 Å². The number of rotatable bonds is 3. The number of anilines is 1. The lowest BCUT2D eigenvalue weighted by atomic mass is 10.0. The van der Waals surface area contributed by atoms with Crippen molar-refractivity contribution in [1.29, 1.82) is 0 Å². The number of hydrogen-bond acceptors (Lipinski definition) is 1. The molecule has 0 saturated heterocycles. The molecule has 98 valence electrons.